The number of hydrogen-bond donors (Lipinski definition) is 1. The standard InChI is InChI=1S/C13H14ClN3O2S/c1-16-7-6-11(12(16)8-17(18)19)13(20)15-10-4-2-9(14)3-5-10/h2-5,8,11H,6-7H2,1H3,(H,15,20)/b12-8+/t11-/m0/s1. The molecular formula is C13H14ClN3O2S. The topological polar surface area (TPSA) is 58.4 Å². The van der Waals surface area contributed by atoms with Gasteiger partial charge in [0.15, 0.2) is 0 Å². The minimum atomic E-state index is -0.435. The molecule has 0 saturated carbocycles. The van der Waals surface area contributed by atoms with E-state index in [0.29, 0.717) is 15.7 Å². The number of benzene rings is 1. The molecule has 0 aromatic heterocycles. The highest BCUT2D eigenvalue weighted by molar-refractivity contribution is 7.80. The highest BCUT2D eigenvalue weighted by Crippen LogP contribution is 2.28. The van der Waals surface area contributed by atoms with E-state index in [0.717, 1.165) is 24.9 Å². The molecule has 2 rings (SSSR count). The third-order valence-electron chi connectivity index (χ3n) is 3.22. The lowest BCUT2D eigenvalue weighted by Crippen LogP contribution is -2.23. The second kappa shape index (κ2) is 6.19. The van der Waals surface area contributed by atoms with Crippen molar-refractivity contribution in [1.82, 2.24) is 4.90 Å². The van der Waals surface area contributed by atoms with Crippen molar-refractivity contribution in [3.63, 3.8) is 0 Å². The minimum absolute atomic E-state index is 0.129. The molecule has 1 aliphatic rings. The number of nitrogens with one attached hydrogen (secondary N) is 1. The van der Waals surface area contributed by atoms with Crippen LogP contribution in [-0.2, 0) is 0 Å². The maximum Gasteiger partial charge on any atom is 0.254 e. The predicted molar refractivity (Wildman–Crippen MR) is 83.5 cm³/mol. The van der Waals surface area contributed by atoms with E-state index in [1.54, 1.807) is 12.1 Å². The summed E-state index contributed by atoms with van der Waals surface area (Å²) in [6.45, 7) is 0.757. The van der Waals surface area contributed by atoms with Crippen molar-refractivity contribution in [1.29, 1.82) is 0 Å². The van der Waals surface area contributed by atoms with E-state index in [4.69, 9.17) is 23.8 Å². The minimum Gasteiger partial charge on any atom is -0.372 e. The van der Waals surface area contributed by atoms with Crippen LogP contribution in [0.3, 0.4) is 0 Å². The molecule has 1 fully saturated rings. The summed E-state index contributed by atoms with van der Waals surface area (Å²) in [6, 6.07) is 7.18. The van der Waals surface area contributed by atoms with Crippen molar-refractivity contribution in [3.8, 4) is 0 Å². The summed E-state index contributed by atoms with van der Waals surface area (Å²) in [5.74, 6) is -0.129. The number of rotatable bonds is 3. The van der Waals surface area contributed by atoms with Crippen LogP contribution in [0.25, 0.3) is 0 Å². The lowest BCUT2D eigenvalue weighted by molar-refractivity contribution is -0.404. The Balaban J connectivity index is 2.12. The van der Waals surface area contributed by atoms with Gasteiger partial charge in [-0.15, -0.1) is 0 Å². The number of likely N-dealkylation sites (tertiary alicyclic amines) is 1. The van der Waals surface area contributed by atoms with Gasteiger partial charge in [-0.1, -0.05) is 23.8 Å². The molecule has 1 aromatic rings. The zero-order chi connectivity index (χ0) is 14.7. The second-order valence-electron chi connectivity index (χ2n) is 4.60. The van der Waals surface area contributed by atoms with Gasteiger partial charge in [0, 0.05) is 24.3 Å². The van der Waals surface area contributed by atoms with E-state index in [1.807, 2.05) is 24.1 Å². The molecule has 7 heteroatoms. The van der Waals surface area contributed by atoms with Crippen molar-refractivity contribution in [2.24, 2.45) is 5.92 Å². The van der Waals surface area contributed by atoms with Gasteiger partial charge in [-0.3, -0.25) is 10.1 Å². The zero-order valence-electron chi connectivity index (χ0n) is 10.9. The maximum absolute atomic E-state index is 10.7. The molecule has 0 aliphatic carbocycles. The van der Waals surface area contributed by atoms with Gasteiger partial charge in [0.25, 0.3) is 6.20 Å². The number of thiocarbonyl (C=S) groups is 1. The van der Waals surface area contributed by atoms with Crippen molar-refractivity contribution in [3.05, 3.63) is 51.3 Å². The molecule has 0 bridgehead atoms. The summed E-state index contributed by atoms with van der Waals surface area (Å²) in [5.41, 5.74) is 1.47. The number of hydrogen-bond acceptors (Lipinski definition) is 4. The van der Waals surface area contributed by atoms with Gasteiger partial charge in [0.05, 0.1) is 21.5 Å². The van der Waals surface area contributed by atoms with Gasteiger partial charge >= 0.3 is 0 Å². The molecule has 0 unspecified atom stereocenters. The fraction of sp³-hybridized carbons (Fsp3) is 0.308. The van der Waals surface area contributed by atoms with Crippen LogP contribution in [0.1, 0.15) is 6.42 Å². The molecule has 106 valence electrons. The van der Waals surface area contributed by atoms with Gasteiger partial charge in [-0.05, 0) is 30.7 Å². The van der Waals surface area contributed by atoms with Crippen LogP contribution < -0.4 is 5.32 Å². The zero-order valence-corrected chi connectivity index (χ0v) is 12.4. The Morgan fingerprint density at radius 3 is 2.80 bits per heavy atom. The van der Waals surface area contributed by atoms with Crippen LogP contribution in [0.5, 0.6) is 0 Å². The van der Waals surface area contributed by atoms with Crippen molar-refractivity contribution >= 4 is 34.5 Å². The van der Waals surface area contributed by atoms with E-state index in [1.165, 1.54) is 0 Å². The normalized spacial score (nSPS) is 20.2. The first-order valence-electron chi connectivity index (χ1n) is 6.10. The summed E-state index contributed by atoms with van der Waals surface area (Å²) in [6.07, 6.45) is 1.81. The van der Waals surface area contributed by atoms with Crippen molar-refractivity contribution in [2.45, 2.75) is 6.42 Å². The first kappa shape index (κ1) is 14.7. The largest absolute Gasteiger partial charge is 0.372 e. The van der Waals surface area contributed by atoms with Crippen LogP contribution in [0, 0.1) is 16.0 Å². The lowest BCUT2D eigenvalue weighted by Gasteiger charge is -2.17. The molecule has 0 spiro atoms. The maximum atomic E-state index is 10.7. The molecule has 1 heterocycles. The van der Waals surface area contributed by atoms with Crippen LogP contribution in [0.15, 0.2) is 36.2 Å². The predicted octanol–water partition coefficient (Wildman–Crippen LogP) is 3.15. The molecule has 20 heavy (non-hydrogen) atoms. The van der Waals surface area contributed by atoms with E-state index in [2.05, 4.69) is 5.32 Å². The van der Waals surface area contributed by atoms with Gasteiger partial charge < -0.3 is 10.2 Å². The quantitative estimate of drug-likeness (QED) is 0.528. The average molecular weight is 312 g/mol. The molecule has 5 nitrogen and oxygen atoms in total. The molecule has 1 atom stereocenters. The van der Waals surface area contributed by atoms with E-state index >= 15 is 0 Å². The Hall–Kier alpha value is -1.66. The summed E-state index contributed by atoms with van der Waals surface area (Å²) in [4.78, 5) is 12.7. The molecule has 0 amide bonds. The summed E-state index contributed by atoms with van der Waals surface area (Å²) in [5, 5.41) is 14.5. The monoisotopic (exact) mass is 311 g/mol. The Morgan fingerprint density at radius 1 is 1.55 bits per heavy atom. The number of anilines is 1. The van der Waals surface area contributed by atoms with Crippen molar-refractivity contribution < 1.29 is 4.92 Å². The van der Waals surface area contributed by atoms with Gasteiger partial charge in [-0.25, -0.2) is 0 Å². The van der Waals surface area contributed by atoms with E-state index < -0.39 is 4.92 Å². The third-order valence-corrected chi connectivity index (χ3v) is 3.86. The number of halogens is 1. The van der Waals surface area contributed by atoms with Crippen molar-refractivity contribution in [2.75, 3.05) is 18.9 Å². The lowest BCUT2D eigenvalue weighted by atomic mass is 10.1. The van der Waals surface area contributed by atoms with Gasteiger partial charge in [0.1, 0.15) is 0 Å². The molecular weight excluding hydrogens is 298 g/mol. The second-order valence-corrected chi connectivity index (χ2v) is 5.47. The van der Waals surface area contributed by atoms with Crippen LogP contribution in [-0.4, -0.2) is 28.4 Å². The first-order valence-corrected chi connectivity index (χ1v) is 6.89. The third kappa shape index (κ3) is 3.46. The highest BCUT2D eigenvalue weighted by atomic mass is 35.5. The van der Waals surface area contributed by atoms with Crippen LogP contribution in [0.2, 0.25) is 5.02 Å². The number of nitrogens with zero attached hydrogens (tertiary/aromatic N) is 2. The Bertz CT molecular complexity index is 559. The summed E-state index contributed by atoms with van der Waals surface area (Å²) in [7, 11) is 1.83. The molecule has 1 N–H and O–H groups in total. The fourth-order valence-electron chi connectivity index (χ4n) is 2.19. The Morgan fingerprint density at radius 2 is 2.20 bits per heavy atom. The Labute approximate surface area is 127 Å². The first-order chi connectivity index (χ1) is 9.47. The van der Waals surface area contributed by atoms with Crippen LogP contribution in [0.4, 0.5) is 5.69 Å². The van der Waals surface area contributed by atoms with Gasteiger partial charge in [0.2, 0.25) is 0 Å². The summed E-state index contributed by atoms with van der Waals surface area (Å²) < 4.78 is 0. The van der Waals surface area contributed by atoms with Crippen LogP contribution >= 0.6 is 23.8 Å². The Kier molecular flexibility index (Phi) is 4.57. The molecule has 1 aromatic carbocycles. The number of nitro groups is 1. The SMILES string of the molecule is CN1CC[C@H](C(=S)Nc2ccc(Cl)cc2)/C1=C\[N+](=O)[O-]. The molecule has 0 radical (unpaired) electrons. The average Bonchev–Trinajstić information content (AvgIpc) is 2.73. The molecule has 1 aliphatic heterocycles. The molecule has 1 saturated heterocycles. The highest BCUT2D eigenvalue weighted by Gasteiger charge is 2.31. The fourth-order valence-corrected chi connectivity index (χ4v) is 2.67. The van der Waals surface area contributed by atoms with E-state index in [9.17, 15) is 10.1 Å². The van der Waals surface area contributed by atoms with E-state index in [-0.39, 0.29) is 5.92 Å². The summed E-state index contributed by atoms with van der Waals surface area (Å²) >= 11 is 11.2. The van der Waals surface area contributed by atoms with Gasteiger partial charge in [-0.2, -0.15) is 0 Å². The smallest absolute Gasteiger partial charge is 0.254 e.